The number of hydrogen-bond acceptors (Lipinski definition) is 7. The van der Waals surface area contributed by atoms with E-state index in [9.17, 15) is 9.90 Å². The van der Waals surface area contributed by atoms with E-state index >= 15 is 0 Å². The molecule has 1 N–H and O–H groups in total. The average molecular weight is 386 g/mol. The number of hydrogen-bond donors (Lipinski definition) is 1. The van der Waals surface area contributed by atoms with E-state index in [1.54, 1.807) is 0 Å². The zero-order valence-corrected chi connectivity index (χ0v) is 15.9. The van der Waals surface area contributed by atoms with Crippen molar-refractivity contribution in [3.05, 3.63) is 63.7 Å². The lowest BCUT2D eigenvalue weighted by Gasteiger charge is -2.33. The molecule has 2 fully saturated rings. The summed E-state index contributed by atoms with van der Waals surface area (Å²) in [5.41, 5.74) is 1.60. The van der Waals surface area contributed by atoms with E-state index in [0.29, 0.717) is 57.1 Å². The first-order valence-corrected chi connectivity index (χ1v) is 9.72. The van der Waals surface area contributed by atoms with Crippen LogP contribution in [0.5, 0.6) is 5.75 Å². The average Bonchev–Trinajstić information content (AvgIpc) is 2.75. The minimum absolute atomic E-state index is 0.0410. The molecule has 0 spiro atoms. The lowest BCUT2D eigenvalue weighted by molar-refractivity contribution is -0.0334. The van der Waals surface area contributed by atoms with Gasteiger partial charge in [0.2, 0.25) is 0 Å². The van der Waals surface area contributed by atoms with Crippen molar-refractivity contribution >= 4 is 0 Å². The molecule has 4 rings (SSSR count). The quantitative estimate of drug-likeness (QED) is 0.839. The summed E-state index contributed by atoms with van der Waals surface area (Å²) in [5.74, 6) is 0.0468. The Bertz CT molecular complexity index is 832. The Kier molecular flexibility index (Phi) is 6.07. The molecule has 1 atom stereocenters. The van der Waals surface area contributed by atoms with E-state index in [1.165, 1.54) is 6.26 Å². The second-order valence-electron chi connectivity index (χ2n) is 7.27. The van der Waals surface area contributed by atoms with Crippen molar-refractivity contribution in [2.45, 2.75) is 19.2 Å². The van der Waals surface area contributed by atoms with Gasteiger partial charge in [0.15, 0.2) is 0 Å². The molecule has 2 saturated heterocycles. The molecule has 0 saturated carbocycles. The summed E-state index contributed by atoms with van der Waals surface area (Å²) in [6.07, 6.45) is 1.34. The molecule has 0 unspecified atom stereocenters. The Morgan fingerprint density at radius 3 is 2.54 bits per heavy atom. The predicted molar refractivity (Wildman–Crippen MR) is 103 cm³/mol. The van der Waals surface area contributed by atoms with E-state index in [4.69, 9.17) is 13.9 Å². The molecule has 7 heteroatoms. The summed E-state index contributed by atoms with van der Waals surface area (Å²) in [5, 5.41) is 10.7. The molecule has 150 valence electrons. The topological polar surface area (TPSA) is 75.4 Å². The summed E-state index contributed by atoms with van der Waals surface area (Å²) >= 11 is 0. The molecule has 0 amide bonds. The maximum absolute atomic E-state index is 12.3. The number of nitrogens with zero attached hydrogens (tertiary/aromatic N) is 2. The molecule has 2 aromatic rings. The van der Waals surface area contributed by atoms with E-state index < -0.39 is 5.63 Å². The molecule has 2 aliphatic rings. The molecule has 28 heavy (non-hydrogen) atoms. The van der Waals surface area contributed by atoms with Crippen LogP contribution in [0.4, 0.5) is 0 Å². The van der Waals surface area contributed by atoms with Gasteiger partial charge >= 0.3 is 5.63 Å². The summed E-state index contributed by atoms with van der Waals surface area (Å²) in [4.78, 5) is 16.6. The number of aromatic hydroxyl groups is 1. The van der Waals surface area contributed by atoms with Gasteiger partial charge in [-0.05, 0) is 5.56 Å². The monoisotopic (exact) mass is 386 g/mol. The Labute approximate surface area is 164 Å². The molecular formula is C21H26N2O5. The lowest BCUT2D eigenvalue weighted by Crippen LogP contribution is -2.39. The van der Waals surface area contributed by atoms with Gasteiger partial charge in [-0.15, -0.1) is 0 Å². The Morgan fingerprint density at radius 1 is 1.00 bits per heavy atom. The predicted octanol–water partition coefficient (Wildman–Crippen LogP) is 1.75. The van der Waals surface area contributed by atoms with Gasteiger partial charge in [0.05, 0.1) is 31.5 Å². The highest BCUT2D eigenvalue weighted by Gasteiger charge is 2.25. The third kappa shape index (κ3) is 4.44. The zero-order chi connectivity index (χ0) is 19.3. The van der Waals surface area contributed by atoms with Gasteiger partial charge < -0.3 is 19.0 Å². The van der Waals surface area contributed by atoms with Crippen molar-refractivity contribution in [1.29, 1.82) is 0 Å². The lowest BCUT2D eigenvalue weighted by atomic mass is 10.1. The van der Waals surface area contributed by atoms with E-state index in [1.807, 2.05) is 30.3 Å². The van der Waals surface area contributed by atoms with Gasteiger partial charge in [-0.25, -0.2) is 4.79 Å². The van der Waals surface area contributed by atoms with Crippen LogP contribution in [0.3, 0.4) is 0 Å². The Balaban J connectivity index is 1.47. The summed E-state index contributed by atoms with van der Waals surface area (Å²) < 4.78 is 16.5. The number of morpholine rings is 2. The second-order valence-corrected chi connectivity index (χ2v) is 7.27. The molecular weight excluding hydrogens is 360 g/mol. The fourth-order valence-electron chi connectivity index (χ4n) is 3.73. The minimum Gasteiger partial charge on any atom is -0.507 e. The number of rotatable bonds is 5. The van der Waals surface area contributed by atoms with Crippen LogP contribution >= 0.6 is 0 Å². The zero-order valence-electron chi connectivity index (χ0n) is 15.9. The third-order valence-electron chi connectivity index (χ3n) is 5.35. The standard InChI is InChI=1S/C21H26N2O5/c24-20-17(12-22-6-9-26-10-7-22)15-28-21(25)18(20)13-23-8-11-27-19(14-23)16-4-2-1-3-5-16/h1-5,15,19,24H,6-14H2/t19-/m1/s1. The maximum atomic E-state index is 12.3. The van der Waals surface area contributed by atoms with Gasteiger partial charge in [0.25, 0.3) is 0 Å². The fraction of sp³-hybridized carbons (Fsp3) is 0.476. The highest BCUT2D eigenvalue weighted by Crippen LogP contribution is 2.26. The molecule has 7 nitrogen and oxygen atoms in total. The van der Waals surface area contributed by atoms with Crippen molar-refractivity contribution in [3.63, 3.8) is 0 Å². The third-order valence-corrected chi connectivity index (χ3v) is 5.35. The van der Waals surface area contributed by atoms with Crippen LogP contribution in [-0.4, -0.2) is 60.9 Å². The first kappa shape index (κ1) is 19.1. The van der Waals surface area contributed by atoms with Crippen LogP contribution in [0.15, 0.2) is 45.8 Å². The molecule has 1 aromatic heterocycles. The van der Waals surface area contributed by atoms with Crippen molar-refractivity contribution < 1.29 is 19.0 Å². The molecule has 0 aliphatic carbocycles. The van der Waals surface area contributed by atoms with E-state index in [0.717, 1.165) is 18.7 Å². The minimum atomic E-state index is -0.481. The van der Waals surface area contributed by atoms with Crippen LogP contribution in [0, 0.1) is 0 Å². The molecule has 3 heterocycles. The van der Waals surface area contributed by atoms with Crippen molar-refractivity contribution in [3.8, 4) is 5.75 Å². The largest absolute Gasteiger partial charge is 0.507 e. The van der Waals surface area contributed by atoms with Crippen LogP contribution in [0.2, 0.25) is 0 Å². The molecule has 1 aromatic carbocycles. The van der Waals surface area contributed by atoms with Gasteiger partial charge in [-0.1, -0.05) is 30.3 Å². The first-order chi connectivity index (χ1) is 13.7. The van der Waals surface area contributed by atoms with Gasteiger partial charge in [0, 0.05) is 44.8 Å². The van der Waals surface area contributed by atoms with Crippen LogP contribution in [-0.2, 0) is 22.6 Å². The Hall–Kier alpha value is -2.19. The van der Waals surface area contributed by atoms with Crippen molar-refractivity contribution in [2.75, 3.05) is 46.0 Å². The van der Waals surface area contributed by atoms with Crippen LogP contribution in [0.1, 0.15) is 22.8 Å². The summed E-state index contributed by atoms with van der Waals surface area (Å²) in [6, 6.07) is 10.1. The second kappa shape index (κ2) is 8.87. The first-order valence-electron chi connectivity index (χ1n) is 9.72. The van der Waals surface area contributed by atoms with Crippen molar-refractivity contribution in [2.24, 2.45) is 0 Å². The fourth-order valence-corrected chi connectivity index (χ4v) is 3.73. The van der Waals surface area contributed by atoms with E-state index in [-0.39, 0.29) is 11.9 Å². The van der Waals surface area contributed by atoms with E-state index in [2.05, 4.69) is 9.80 Å². The number of ether oxygens (including phenoxy) is 2. The number of benzene rings is 1. The highest BCUT2D eigenvalue weighted by atomic mass is 16.5. The van der Waals surface area contributed by atoms with Crippen LogP contribution in [0.25, 0.3) is 0 Å². The van der Waals surface area contributed by atoms with Gasteiger partial charge in [0.1, 0.15) is 12.0 Å². The summed E-state index contributed by atoms with van der Waals surface area (Å²) in [6.45, 7) is 5.80. The Morgan fingerprint density at radius 2 is 1.75 bits per heavy atom. The normalized spacial score (nSPS) is 21.6. The molecule has 2 aliphatic heterocycles. The van der Waals surface area contributed by atoms with Crippen LogP contribution < -0.4 is 5.63 Å². The van der Waals surface area contributed by atoms with Gasteiger partial charge in [-0.2, -0.15) is 0 Å². The molecule has 0 radical (unpaired) electrons. The SMILES string of the molecule is O=c1occ(CN2CCOCC2)c(O)c1CN1CCO[C@@H](c2ccccc2)C1. The molecule has 0 bridgehead atoms. The smallest absolute Gasteiger partial charge is 0.343 e. The highest BCUT2D eigenvalue weighted by molar-refractivity contribution is 5.36. The summed E-state index contributed by atoms with van der Waals surface area (Å²) in [7, 11) is 0. The van der Waals surface area contributed by atoms with Gasteiger partial charge in [-0.3, -0.25) is 9.80 Å². The van der Waals surface area contributed by atoms with Crippen molar-refractivity contribution in [1.82, 2.24) is 9.80 Å². The maximum Gasteiger partial charge on any atom is 0.343 e.